The first-order valence-electron chi connectivity index (χ1n) is 7.70. The molecule has 0 aliphatic heterocycles. The van der Waals surface area contributed by atoms with Gasteiger partial charge in [-0.25, -0.2) is 13.6 Å². The highest BCUT2D eigenvalue weighted by atomic mass is 32.2. The van der Waals surface area contributed by atoms with E-state index in [1.165, 1.54) is 12.1 Å². The first kappa shape index (κ1) is 17.4. The molecule has 124 valence electrons. The number of aliphatic hydroxyl groups excluding tert-OH is 1. The number of nitrogens with one attached hydrogen (secondary N) is 1. The van der Waals surface area contributed by atoms with Crippen molar-refractivity contribution in [2.45, 2.75) is 50.7 Å². The summed E-state index contributed by atoms with van der Waals surface area (Å²) in [4.78, 5) is 0.123. The molecule has 1 fully saturated rings. The number of rotatable bonds is 7. The van der Waals surface area contributed by atoms with Crippen LogP contribution in [0.4, 0.5) is 0 Å². The molecule has 1 aliphatic rings. The van der Waals surface area contributed by atoms with Crippen molar-refractivity contribution >= 4 is 10.0 Å². The van der Waals surface area contributed by atoms with E-state index in [4.69, 9.17) is 5.14 Å². The Bertz CT molecular complexity index is 607. The zero-order valence-electron chi connectivity index (χ0n) is 13.4. The van der Waals surface area contributed by atoms with Gasteiger partial charge in [0.05, 0.1) is 11.0 Å². The quantitative estimate of drug-likeness (QED) is 0.712. The second-order valence-corrected chi connectivity index (χ2v) is 8.33. The van der Waals surface area contributed by atoms with E-state index in [1.54, 1.807) is 12.1 Å². The van der Waals surface area contributed by atoms with E-state index in [2.05, 4.69) is 5.32 Å². The number of hydrogen-bond donors (Lipinski definition) is 3. The highest BCUT2D eigenvalue weighted by Crippen LogP contribution is 2.50. The zero-order chi connectivity index (χ0) is 16.5. The van der Waals surface area contributed by atoms with E-state index < -0.39 is 10.0 Å². The number of nitrogens with two attached hydrogens (primary N) is 1. The normalized spacial score (nSPS) is 19.9. The molecular weight excluding hydrogens is 300 g/mol. The molecule has 4 N–H and O–H groups in total. The van der Waals surface area contributed by atoms with Gasteiger partial charge in [-0.15, -0.1) is 0 Å². The smallest absolute Gasteiger partial charge is 0.238 e. The zero-order valence-corrected chi connectivity index (χ0v) is 14.2. The van der Waals surface area contributed by atoms with E-state index in [1.807, 2.05) is 20.8 Å². The Kier molecular flexibility index (Phi) is 4.96. The second kappa shape index (κ2) is 6.28. The molecule has 1 aliphatic carbocycles. The van der Waals surface area contributed by atoms with Crippen molar-refractivity contribution in [2.24, 2.45) is 16.5 Å². The summed E-state index contributed by atoms with van der Waals surface area (Å²) in [5.74, 6) is 0.258. The molecule has 5 nitrogen and oxygen atoms in total. The van der Waals surface area contributed by atoms with Crippen LogP contribution in [0.2, 0.25) is 0 Å². The van der Waals surface area contributed by atoms with Gasteiger partial charge in [0.15, 0.2) is 0 Å². The van der Waals surface area contributed by atoms with Crippen molar-refractivity contribution < 1.29 is 13.5 Å². The molecule has 6 heteroatoms. The van der Waals surface area contributed by atoms with Crippen LogP contribution >= 0.6 is 0 Å². The molecule has 0 radical (unpaired) electrons. The fraction of sp³-hybridized carbons (Fsp3) is 0.625. The van der Waals surface area contributed by atoms with Gasteiger partial charge in [0.25, 0.3) is 0 Å². The number of benzene rings is 1. The average molecular weight is 326 g/mol. The van der Waals surface area contributed by atoms with Crippen molar-refractivity contribution in [1.29, 1.82) is 0 Å². The minimum absolute atomic E-state index is 0.00294. The predicted octanol–water partition coefficient (Wildman–Crippen LogP) is 1.78. The minimum Gasteiger partial charge on any atom is -0.392 e. The Labute approximate surface area is 133 Å². The topological polar surface area (TPSA) is 92.4 Å². The van der Waals surface area contributed by atoms with Gasteiger partial charge < -0.3 is 10.4 Å². The number of aliphatic hydroxyl groups is 1. The molecule has 0 aromatic heterocycles. The van der Waals surface area contributed by atoms with E-state index >= 15 is 0 Å². The van der Waals surface area contributed by atoms with Gasteiger partial charge in [-0.05, 0) is 43.4 Å². The van der Waals surface area contributed by atoms with Crippen LogP contribution in [0.5, 0.6) is 0 Å². The van der Waals surface area contributed by atoms with E-state index in [0.717, 1.165) is 24.9 Å². The largest absolute Gasteiger partial charge is 0.392 e. The fourth-order valence-electron chi connectivity index (χ4n) is 2.87. The summed E-state index contributed by atoms with van der Waals surface area (Å²) in [5.41, 5.74) is 1.01. The van der Waals surface area contributed by atoms with Gasteiger partial charge >= 0.3 is 0 Å². The van der Waals surface area contributed by atoms with Crippen molar-refractivity contribution in [2.75, 3.05) is 6.54 Å². The predicted molar refractivity (Wildman–Crippen MR) is 86.7 cm³/mol. The van der Waals surface area contributed by atoms with Crippen molar-refractivity contribution in [3.8, 4) is 0 Å². The maximum Gasteiger partial charge on any atom is 0.238 e. The second-order valence-electron chi connectivity index (χ2n) is 6.77. The summed E-state index contributed by atoms with van der Waals surface area (Å²) < 4.78 is 22.5. The maximum absolute atomic E-state index is 11.3. The Morgan fingerprint density at radius 1 is 1.23 bits per heavy atom. The van der Waals surface area contributed by atoms with Gasteiger partial charge in [-0.1, -0.05) is 26.0 Å². The van der Waals surface area contributed by atoms with Crippen LogP contribution in [0.25, 0.3) is 0 Å². The summed E-state index contributed by atoms with van der Waals surface area (Å²) in [6.07, 6.45) is 1.82. The standard InChI is InChI=1S/C16H26N2O3S/c1-11(2)15(19)16(8-9-16)10-18-12(3)13-4-6-14(7-5-13)22(17,20)21/h4-7,11-12,15,18-19H,8-10H2,1-3H3,(H2,17,20,21). The van der Waals surface area contributed by atoms with Crippen molar-refractivity contribution in [1.82, 2.24) is 5.32 Å². The van der Waals surface area contributed by atoms with Gasteiger partial charge in [-0.3, -0.25) is 0 Å². The molecule has 1 aromatic rings. The number of primary sulfonamides is 1. The summed E-state index contributed by atoms with van der Waals surface area (Å²) >= 11 is 0. The molecule has 2 atom stereocenters. The third-order valence-corrected chi connectivity index (χ3v) is 5.55. The molecular formula is C16H26N2O3S. The average Bonchev–Trinajstić information content (AvgIpc) is 3.24. The Hall–Kier alpha value is -0.950. The highest BCUT2D eigenvalue weighted by molar-refractivity contribution is 7.89. The Morgan fingerprint density at radius 3 is 2.18 bits per heavy atom. The molecule has 0 saturated heterocycles. The van der Waals surface area contributed by atoms with Crippen LogP contribution in [0.1, 0.15) is 45.2 Å². The molecule has 1 saturated carbocycles. The molecule has 0 bridgehead atoms. The minimum atomic E-state index is -3.65. The molecule has 22 heavy (non-hydrogen) atoms. The number of hydrogen-bond acceptors (Lipinski definition) is 4. The maximum atomic E-state index is 11.3. The first-order chi connectivity index (χ1) is 10.2. The molecule has 0 heterocycles. The summed E-state index contributed by atoms with van der Waals surface area (Å²) in [7, 11) is -3.65. The van der Waals surface area contributed by atoms with Crippen LogP contribution in [0.3, 0.4) is 0 Å². The lowest BCUT2D eigenvalue weighted by atomic mass is 9.90. The van der Waals surface area contributed by atoms with Crippen molar-refractivity contribution in [3.05, 3.63) is 29.8 Å². The van der Waals surface area contributed by atoms with E-state index in [9.17, 15) is 13.5 Å². The van der Waals surface area contributed by atoms with Crippen LogP contribution in [0.15, 0.2) is 29.2 Å². The monoisotopic (exact) mass is 326 g/mol. The van der Waals surface area contributed by atoms with Gasteiger partial charge in [0.2, 0.25) is 10.0 Å². The Morgan fingerprint density at radius 2 is 1.77 bits per heavy atom. The lowest BCUT2D eigenvalue weighted by molar-refractivity contribution is 0.0491. The molecule has 0 amide bonds. The SMILES string of the molecule is CC(NCC1(C(O)C(C)C)CC1)c1ccc(S(N)(=O)=O)cc1. The van der Waals surface area contributed by atoms with E-state index in [-0.39, 0.29) is 28.4 Å². The van der Waals surface area contributed by atoms with Crippen LogP contribution in [-0.4, -0.2) is 26.2 Å². The van der Waals surface area contributed by atoms with Gasteiger partial charge in [0.1, 0.15) is 0 Å². The van der Waals surface area contributed by atoms with Crippen LogP contribution < -0.4 is 10.5 Å². The third kappa shape index (κ3) is 3.87. The van der Waals surface area contributed by atoms with Crippen LogP contribution in [-0.2, 0) is 10.0 Å². The summed E-state index contributed by atoms with van der Waals surface area (Å²) in [5, 5.41) is 18.9. The highest BCUT2D eigenvalue weighted by Gasteiger charge is 2.49. The first-order valence-corrected chi connectivity index (χ1v) is 9.24. The summed E-state index contributed by atoms with van der Waals surface area (Å²) in [6, 6.07) is 6.69. The molecule has 0 spiro atoms. The van der Waals surface area contributed by atoms with Gasteiger partial charge in [0, 0.05) is 18.0 Å². The third-order valence-electron chi connectivity index (χ3n) is 4.62. The van der Waals surface area contributed by atoms with Gasteiger partial charge in [-0.2, -0.15) is 0 Å². The summed E-state index contributed by atoms with van der Waals surface area (Å²) in [6.45, 7) is 6.88. The Balaban J connectivity index is 1.97. The fourth-order valence-corrected chi connectivity index (χ4v) is 3.38. The van der Waals surface area contributed by atoms with E-state index in [0.29, 0.717) is 0 Å². The molecule has 1 aromatic carbocycles. The lowest BCUT2D eigenvalue weighted by Crippen LogP contribution is -2.37. The molecule has 2 unspecified atom stereocenters. The van der Waals surface area contributed by atoms with Crippen molar-refractivity contribution in [3.63, 3.8) is 0 Å². The lowest BCUT2D eigenvalue weighted by Gasteiger charge is -2.27. The number of sulfonamides is 1. The van der Waals surface area contributed by atoms with Crippen LogP contribution in [0, 0.1) is 11.3 Å². The molecule has 2 rings (SSSR count).